The van der Waals surface area contributed by atoms with Gasteiger partial charge in [-0.25, -0.2) is 0 Å². The maximum Gasteiger partial charge on any atom is 0.244 e. The molecule has 2 aliphatic rings. The topological polar surface area (TPSA) is 69.7 Å². The molecule has 6 nitrogen and oxygen atoms in total. The Labute approximate surface area is 168 Å². The van der Waals surface area contributed by atoms with Gasteiger partial charge in [-0.05, 0) is 37.5 Å². The summed E-state index contributed by atoms with van der Waals surface area (Å²) in [6.07, 6.45) is 3.00. The van der Waals surface area contributed by atoms with Gasteiger partial charge in [-0.2, -0.15) is 0 Å². The standard InChI is InChI=1S/C19H23Cl2N3O3/c1-2-7-23(11-17(25)22-16-9-13(20)3-6-15(16)21)19(27)12-8-18(26)24(10-12)14-4-5-14/h3,6,9,12,14H,2,4-5,7-8,10-11H2,1H3,(H,22,25). The highest BCUT2D eigenvalue weighted by molar-refractivity contribution is 6.35. The molecule has 3 amide bonds. The fraction of sp³-hybridized carbons (Fsp3) is 0.526. The molecule has 0 spiro atoms. The second-order valence-electron chi connectivity index (χ2n) is 7.11. The lowest BCUT2D eigenvalue weighted by atomic mass is 10.1. The number of benzene rings is 1. The van der Waals surface area contributed by atoms with E-state index in [2.05, 4.69) is 5.32 Å². The molecule has 1 saturated heterocycles. The van der Waals surface area contributed by atoms with Crippen molar-refractivity contribution in [3.05, 3.63) is 28.2 Å². The Morgan fingerprint density at radius 1 is 1.30 bits per heavy atom. The third-order valence-electron chi connectivity index (χ3n) is 4.84. The number of halogens is 2. The van der Waals surface area contributed by atoms with Gasteiger partial charge in [-0.1, -0.05) is 30.1 Å². The zero-order chi connectivity index (χ0) is 19.6. The van der Waals surface area contributed by atoms with Crippen LogP contribution in [0.5, 0.6) is 0 Å². The molecule has 2 fully saturated rings. The van der Waals surface area contributed by atoms with Gasteiger partial charge in [0.2, 0.25) is 17.7 Å². The molecule has 8 heteroatoms. The number of amides is 3. The van der Waals surface area contributed by atoms with Crippen LogP contribution in [0, 0.1) is 5.92 Å². The summed E-state index contributed by atoms with van der Waals surface area (Å²) >= 11 is 12.0. The molecule has 1 heterocycles. The first-order valence-electron chi connectivity index (χ1n) is 9.22. The number of carbonyl (C=O) groups is 3. The number of nitrogens with zero attached hydrogens (tertiary/aromatic N) is 2. The van der Waals surface area contributed by atoms with Gasteiger partial charge < -0.3 is 15.1 Å². The SMILES string of the molecule is CCCN(CC(=O)Nc1cc(Cl)ccc1Cl)C(=O)C1CC(=O)N(C2CC2)C1. The highest BCUT2D eigenvalue weighted by atomic mass is 35.5. The van der Waals surface area contributed by atoms with Gasteiger partial charge in [0, 0.05) is 30.6 Å². The zero-order valence-electron chi connectivity index (χ0n) is 15.2. The van der Waals surface area contributed by atoms with Crippen LogP contribution in [0.1, 0.15) is 32.6 Å². The average Bonchev–Trinajstić information content (AvgIpc) is 3.39. The van der Waals surface area contributed by atoms with Crippen LogP contribution < -0.4 is 5.32 Å². The quantitative estimate of drug-likeness (QED) is 0.748. The Bertz CT molecular complexity index is 752. The molecule has 1 aromatic carbocycles. The fourth-order valence-electron chi connectivity index (χ4n) is 3.39. The van der Waals surface area contributed by atoms with E-state index in [-0.39, 0.29) is 36.6 Å². The summed E-state index contributed by atoms with van der Waals surface area (Å²) < 4.78 is 0. The third-order valence-corrected chi connectivity index (χ3v) is 5.40. The van der Waals surface area contributed by atoms with E-state index < -0.39 is 0 Å². The van der Waals surface area contributed by atoms with Crippen LogP contribution in [0.3, 0.4) is 0 Å². The first-order valence-corrected chi connectivity index (χ1v) is 9.97. The van der Waals surface area contributed by atoms with E-state index >= 15 is 0 Å². The number of likely N-dealkylation sites (tertiary alicyclic amines) is 1. The highest BCUT2D eigenvalue weighted by Gasteiger charge is 2.42. The summed E-state index contributed by atoms with van der Waals surface area (Å²) in [7, 11) is 0. The number of hydrogen-bond acceptors (Lipinski definition) is 3. The molecule has 27 heavy (non-hydrogen) atoms. The van der Waals surface area contributed by atoms with Crippen LogP contribution in [-0.2, 0) is 14.4 Å². The van der Waals surface area contributed by atoms with Gasteiger partial charge in [0.25, 0.3) is 0 Å². The van der Waals surface area contributed by atoms with E-state index in [1.165, 1.54) is 4.90 Å². The molecule has 1 aliphatic heterocycles. The van der Waals surface area contributed by atoms with Crippen LogP contribution in [0.2, 0.25) is 10.0 Å². The van der Waals surface area contributed by atoms with Gasteiger partial charge >= 0.3 is 0 Å². The first kappa shape index (κ1) is 20.0. The molecule has 1 aliphatic carbocycles. The summed E-state index contributed by atoms with van der Waals surface area (Å²) in [6, 6.07) is 5.11. The fourth-order valence-corrected chi connectivity index (χ4v) is 3.72. The molecule has 0 aromatic heterocycles. The normalized spacial score (nSPS) is 19.3. The molecule has 0 bridgehead atoms. The lowest BCUT2D eigenvalue weighted by molar-refractivity contribution is -0.138. The lowest BCUT2D eigenvalue weighted by Crippen LogP contribution is -2.42. The van der Waals surface area contributed by atoms with Crippen LogP contribution in [0.25, 0.3) is 0 Å². The Morgan fingerprint density at radius 3 is 2.70 bits per heavy atom. The largest absolute Gasteiger partial charge is 0.339 e. The van der Waals surface area contributed by atoms with E-state index in [0.29, 0.717) is 34.9 Å². The van der Waals surface area contributed by atoms with Crippen molar-refractivity contribution >= 4 is 46.6 Å². The van der Waals surface area contributed by atoms with Crippen LogP contribution in [0.4, 0.5) is 5.69 Å². The number of nitrogens with one attached hydrogen (secondary N) is 1. The van der Waals surface area contributed by atoms with Crippen molar-refractivity contribution in [3.8, 4) is 0 Å². The summed E-state index contributed by atoms with van der Waals surface area (Å²) in [6.45, 7) is 2.79. The molecule has 0 radical (unpaired) electrons. The van der Waals surface area contributed by atoms with Crippen molar-refractivity contribution in [3.63, 3.8) is 0 Å². The summed E-state index contributed by atoms with van der Waals surface area (Å²) in [4.78, 5) is 40.8. The molecule has 1 unspecified atom stereocenters. The minimum absolute atomic E-state index is 0.0439. The van der Waals surface area contributed by atoms with Crippen molar-refractivity contribution in [1.82, 2.24) is 9.80 Å². The van der Waals surface area contributed by atoms with Crippen LogP contribution >= 0.6 is 23.2 Å². The number of anilines is 1. The second kappa shape index (κ2) is 8.48. The minimum atomic E-state index is -0.368. The Balaban J connectivity index is 1.62. The van der Waals surface area contributed by atoms with E-state index in [1.807, 2.05) is 11.8 Å². The Kier molecular flexibility index (Phi) is 6.27. The van der Waals surface area contributed by atoms with E-state index in [0.717, 1.165) is 19.3 Å². The number of carbonyl (C=O) groups excluding carboxylic acids is 3. The van der Waals surface area contributed by atoms with Gasteiger partial charge in [-0.3, -0.25) is 14.4 Å². The van der Waals surface area contributed by atoms with Crippen molar-refractivity contribution in [2.75, 3.05) is 25.0 Å². The molecule has 1 atom stereocenters. The predicted molar refractivity (Wildman–Crippen MR) is 105 cm³/mol. The number of rotatable bonds is 7. The van der Waals surface area contributed by atoms with Crippen molar-refractivity contribution in [2.24, 2.45) is 5.92 Å². The smallest absolute Gasteiger partial charge is 0.244 e. The highest BCUT2D eigenvalue weighted by Crippen LogP contribution is 2.33. The molecule has 3 rings (SSSR count). The minimum Gasteiger partial charge on any atom is -0.339 e. The summed E-state index contributed by atoms with van der Waals surface area (Å²) in [5.41, 5.74) is 0.411. The van der Waals surface area contributed by atoms with E-state index in [1.54, 1.807) is 18.2 Å². The maximum absolute atomic E-state index is 12.9. The van der Waals surface area contributed by atoms with Gasteiger partial charge in [0.15, 0.2) is 0 Å². The van der Waals surface area contributed by atoms with Gasteiger partial charge in [0.1, 0.15) is 0 Å². The van der Waals surface area contributed by atoms with Gasteiger partial charge in [-0.15, -0.1) is 0 Å². The Hall–Kier alpha value is -1.79. The van der Waals surface area contributed by atoms with Gasteiger partial charge in [0.05, 0.1) is 23.2 Å². The second-order valence-corrected chi connectivity index (χ2v) is 7.95. The molecular formula is C19H23Cl2N3O3. The molecule has 1 saturated carbocycles. The van der Waals surface area contributed by atoms with Crippen molar-refractivity contribution < 1.29 is 14.4 Å². The lowest BCUT2D eigenvalue weighted by Gasteiger charge is -2.25. The van der Waals surface area contributed by atoms with Crippen molar-refractivity contribution in [2.45, 2.75) is 38.6 Å². The first-order chi connectivity index (χ1) is 12.9. The van der Waals surface area contributed by atoms with Crippen LogP contribution in [0.15, 0.2) is 18.2 Å². The zero-order valence-corrected chi connectivity index (χ0v) is 16.7. The average molecular weight is 412 g/mol. The molecule has 146 valence electrons. The Morgan fingerprint density at radius 2 is 2.04 bits per heavy atom. The molecular weight excluding hydrogens is 389 g/mol. The summed E-state index contributed by atoms with van der Waals surface area (Å²) in [5, 5.41) is 3.54. The predicted octanol–water partition coefficient (Wildman–Crippen LogP) is 3.18. The summed E-state index contributed by atoms with van der Waals surface area (Å²) in [5.74, 6) is -0.806. The van der Waals surface area contributed by atoms with E-state index in [4.69, 9.17) is 23.2 Å². The molecule has 1 N–H and O–H groups in total. The molecule has 1 aromatic rings. The third kappa shape index (κ3) is 4.93. The number of hydrogen-bond donors (Lipinski definition) is 1. The van der Waals surface area contributed by atoms with Crippen molar-refractivity contribution in [1.29, 1.82) is 0 Å². The maximum atomic E-state index is 12.9. The monoisotopic (exact) mass is 411 g/mol. The van der Waals surface area contributed by atoms with E-state index in [9.17, 15) is 14.4 Å². The van der Waals surface area contributed by atoms with Crippen LogP contribution in [-0.4, -0.2) is 53.2 Å².